The standard InChI is InChI=1S/C11H16N6O/c12-7-8-1-4-17(5-2-8)11-13-10(14-15-11)9-3-6-18-16-9/h3,6,8H,1-2,4-5,7,12H2,(H,13,14,15). The second-order valence-corrected chi connectivity index (χ2v) is 4.53. The second kappa shape index (κ2) is 4.77. The summed E-state index contributed by atoms with van der Waals surface area (Å²) in [7, 11) is 0. The number of nitrogens with zero attached hydrogens (tertiary/aromatic N) is 4. The molecule has 18 heavy (non-hydrogen) atoms. The molecule has 7 nitrogen and oxygen atoms in total. The van der Waals surface area contributed by atoms with E-state index in [1.807, 2.05) is 0 Å². The Morgan fingerprint density at radius 3 is 2.94 bits per heavy atom. The smallest absolute Gasteiger partial charge is 0.245 e. The highest BCUT2D eigenvalue weighted by Gasteiger charge is 2.21. The summed E-state index contributed by atoms with van der Waals surface area (Å²) in [5, 5.41) is 10.9. The molecule has 0 radical (unpaired) electrons. The second-order valence-electron chi connectivity index (χ2n) is 4.53. The van der Waals surface area contributed by atoms with Gasteiger partial charge in [-0.1, -0.05) is 5.16 Å². The lowest BCUT2D eigenvalue weighted by atomic mass is 9.97. The van der Waals surface area contributed by atoms with Gasteiger partial charge in [-0.2, -0.15) is 4.98 Å². The van der Waals surface area contributed by atoms with Gasteiger partial charge in [-0.3, -0.25) is 5.10 Å². The molecule has 0 amide bonds. The van der Waals surface area contributed by atoms with Crippen molar-refractivity contribution in [3.63, 3.8) is 0 Å². The van der Waals surface area contributed by atoms with Gasteiger partial charge in [0.2, 0.25) is 5.95 Å². The highest BCUT2D eigenvalue weighted by atomic mass is 16.5. The van der Waals surface area contributed by atoms with E-state index < -0.39 is 0 Å². The number of anilines is 1. The third-order valence-corrected chi connectivity index (χ3v) is 3.38. The van der Waals surface area contributed by atoms with Crippen LogP contribution in [0.2, 0.25) is 0 Å². The number of H-pyrrole nitrogens is 1. The highest BCUT2D eigenvalue weighted by molar-refractivity contribution is 5.49. The van der Waals surface area contributed by atoms with Crippen LogP contribution < -0.4 is 10.6 Å². The zero-order valence-electron chi connectivity index (χ0n) is 10.0. The first-order chi connectivity index (χ1) is 8.86. The van der Waals surface area contributed by atoms with E-state index in [0.717, 1.165) is 38.4 Å². The van der Waals surface area contributed by atoms with Crippen molar-refractivity contribution in [2.75, 3.05) is 24.5 Å². The van der Waals surface area contributed by atoms with Gasteiger partial charge in [0.15, 0.2) is 11.5 Å². The Hall–Kier alpha value is -1.89. The van der Waals surface area contributed by atoms with Crippen molar-refractivity contribution < 1.29 is 4.52 Å². The van der Waals surface area contributed by atoms with E-state index in [2.05, 4.69) is 25.2 Å². The van der Waals surface area contributed by atoms with Crippen molar-refractivity contribution >= 4 is 5.95 Å². The number of piperidine rings is 1. The van der Waals surface area contributed by atoms with Crippen LogP contribution in [-0.4, -0.2) is 40.0 Å². The number of aromatic amines is 1. The lowest BCUT2D eigenvalue weighted by Crippen LogP contribution is -2.36. The molecule has 7 heteroatoms. The Morgan fingerprint density at radius 2 is 2.28 bits per heavy atom. The molecule has 96 valence electrons. The van der Waals surface area contributed by atoms with Crippen LogP contribution in [-0.2, 0) is 0 Å². The van der Waals surface area contributed by atoms with Gasteiger partial charge in [0.25, 0.3) is 0 Å². The highest BCUT2D eigenvalue weighted by Crippen LogP contribution is 2.21. The summed E-state index contributed by atoms with van der Waals surface area (Å²) in [4.78, 5) is 6.61. The third kappa shape index (κ3) is 2.08. The average molecular weight is 248 g/mol. The molecule has 0 bridgehead atoms. The lowest BCUT2D eigenvalue weighted by molar-refractivity contribution is 0.411. The van der Waals surface area contributed by atoms with Gasteiger partial charge in [0, 0.05) is 19.2 Å². The minimum atomic E-state index is 0.634. The number of aromatic nitrogens is 4. The van der Waals surface area contributed by atoms with E-state index in [0.29, 0.717) is 17.4 Å². The molecule has 1 fully saturated rings. The van der Waals surface area contributed by atoms with Crippen molar-refractivity contribution in [3.05, 3.63) is 12.3 Å². The van der Waals surface area contributed by atoms with E-state index in [4.69, 9.17) is 10.3 Å². The van der Waals surface area contributed by atoms with Gasteiger partial charge in [-0.15, -0.1) is 5.10 Å². The first-order valence-corrected chi connectivity index (χ1v) is 6.15. The number of hydrogen-bond acceptors (Lipinski definition) is 6. The van der Waals surface area contributed by atoms with Gasteiger partial charge in [0.05, 0.1) is 0 Å². The van der Waals surface area contributed by atoms with Crippen LogP contribution in [0.15, 0.2) is 16.9 Å². The molecule has 0 aromatic carbocycles. The molecule has 1 aliphatic rings. The maximum atomic E-state index is 5.68. The normalized spacial score (nSPS) is 17.3. The summed E-state index contributed by atoms with van der Waals surface area (Å²) in [6.07, 6.45) is 3.72. The zero-order chi connectivity index (χ0) is 12.4. The van der Waals surface area contributed by atoms with Gasteiger partial charge in [0.1, 0.15) is 6.26 Å². The van der Waals surface area contributed by atoms with Crippen LogP contribution in [0.4, 0.5) is 5.95 Å². The van der Waals surface area contributed by atoms with Crippen LogP contribution >= 0.6 is 0 Å². The van der Waals surface area contributed by atoms with Gasteiger partial charge < -0.3 is 15.2 Å². The number of rotatable bonds is 3. The fraction of sp³-hybridized carbons (Fsp3) is 0.545. The van der Waals surface area contributed by atoms with Crippen LogP contribution in [0.5, 0.6) is 0 Å². The van der Waals surface area contributed by atoms with E-state index in [-0.39, 0.29) is 0 Å². The Balaban J connectivity index is 1.71. The average Bonchev–Trinajstić information content (AvgIpc) is 3.09. The fourth-order valence-electron chi connectivity index (χ4n) is 2.21. The van der Waals surface area contributed by atoms with Crippen molar-refractivity contribution in [3.8, 4) is 11.5 Å². The van der Waals surface area contributed by atoms with E-state index >= 15 is 0 Å². The Kier molecular flexibility index (Phi) is 2.97. The minimum Gasteiger partial charge on any atom is -0.364 e. The Labute approximate surface area is 104 Å². The van der Waals surface area contributed by atoms with Gasteiger partial charge in [-0.05, 0) is 25.3 Å². The summed E-state index contributed by atoms with van der Waals surface area (Å²) in [5.41, 5.74) is 6.35. The monoisotopic (exact) mass is 248 g/mol. The van der Waals surface area contributed by atoms with Crippen molar-refractivity contribution in [2.24, 2.45) is 11.7 Å². The van der Waals surface area contributed by atoms with Crippen LogP contribution in [0.1, 0.15) is 12.8 Å². The molecule has 0 unspecified atom stereocenters. The first kappa shape index (κ1) is 11.2. The van der Waals surface area contributed by atoms with E-state index in [1.54, 1.807) is 6.07 Å². The van der Waals surface area contributed by atoms with Gasteiger partial charge >= 0.3 is 0 Å². The predicted octanol–water partition coefficient (Wildman–Crippen LogP) is 0.635. The quantitative estimate of drug-likeness (QED) is 0.827. The third-order valence-electron chi connectivity index (χ3n) is 3.38. The minimum absolute atomic E-state index is 0.634. The summed E-state index contributed by atoms with van der Waals surface area (Å²) in [6, 6.07) is 1.75. The molecule has 3 heterocycles. The molecule has 0 saturated carbocycles. The topological polar surface area (TPSA) is 96.9 Å². The largest absolute Gasteiger partial charge is 0.364 e. The molecule has 3 rings (SSSR count). The lowest BCUT2D eigenvalue weighted by Gasteiger charge is -2.30. The van der Waals surface area contributed by atoms with Crippen molar-refractivity contribution in [1.29, 1.82) is 0 Å². The number of nitrogens with two attached hydrogens (primary N) is 1. The SMILES string of the molecule is NCC1CCN(c2n[nH]c(-c3ccon3)n2)CC1. The summed E-state index contributed by atoms with van der Waals surface area (Å²) < 4.78 is 4.79. The molecule has 0 atom stereocenters. The Bertz CT molecular complexity index is 485. The molecule has 2 aromatic rings. The maximum absolute atomic E-state index is 5.68. The summed E-state index contributed by atoms with van der Waals surface area (Å²) in [6.45, 7) is 2.68. The van der Waals surface area contributed by atoms with E-state index in [9.17, 15) is 0 Å². The molecular formula is C11H16N6O. The Morgan fingerprint density at radius 1 is 1.44 bits per heavy atom. The van der Waals surface area contributed by atoms with Crippen molar-refractivity contribution in [2.45, 2.75) is 12.8 Å². The van der Waals surface area contributed by atoms with Crippen LogP contribution in [0, 0.1) is 5.92 Å². The van der Waals surface area contributed by atoms with Crippen LogP contribution in [0.3, 0.4) is 0 Å². The maximum Gasteiger partial charge on any atom is 0.245 e. The summed E-state index contributed by atoms with van der Waals surface area (Å²) in [5.74, 6) is 2.00. The molecule has 0 aliphatic carbocycles. The first-order valence-electron chi connectivity index (χ1n) is 6.15. The van der Waals surface area contributed by atoms with Gasteiger partial charge in [-0.25, -0.2) is 0 Å². The number of nitrogens with one attached hydrogen (secondary N) is 1. The number of hydrogen-bond donors (Lipinski definition) is 2. The molecule has 3 N–H and O–H groups in total. The summed E-state index contributed by atoms with van der Waals surface area (Å²) >= 11 is 0. The fourth-order valence-corrected chi connectivity index (χ4v) is 2.21. The molecule has 1 saturated heterocycles. The molecule has 0 spiro atoms. The molecular weight excluding hydrogens is 232 g/mol. The molecule has 2 aromatic heterocycles. The zero-order valence-corrected chi connectivity index (χ0v) is 10.0. The predicted molar refractivity (Wildman–Crippen MR) is 65.9 cm³/mol. The van der Waals surface area contributed by atoms with Crippen molar-refractivity contribution in [1.82, 2.24) is 20.3 Å². The molecule has 1 aliphatic heterocycles. The van der Waals surface area contributed by atoms with E-state index in [1.165, 1.54) is 6.26 Å². The van der Waals surface area contributed by atoms with Crippen LogP contribution in [0.25, 0.3) is 11.5 Å².